The average molecular weight is 374 g/mol. The number of nitrogens with zero attached hydrogens (tertiary/aromatic N) is 1. The van der Waals surface area contributed by atoms with E-state index < -0.39 is 29.2 Å². The number of esters is 1. The molecule has 0 radical (unpaired) electrons. The lowest BCUT2D eigenvalue weighted by atomic mass is 10.2. The maximum absolute atomic E-state index is 13.0. The molecule has 27 heavy (non-hydrogen) atoms. The predicted molar refractivity (Wildman–Crippen MR) is 94.7 cm³/mol. The number of hydrogen-bond acceptors (Lipinski definition) is 6. The largest absolute Gasteiger partial charge is 0.496 e. The summed E-state index contributed by atoms with van der Waals surface area (Å²) in [5, 5.41) is 13.4. The van der Waals surface area contributed by atoms with Gasteiger partial charge in [-0.05, 0) is 35.9 Å². The van der Waals surface area contributed by atoms with E-state index in [0.29, 0.717) is 5.56 Å². The van der Waals surface area contributed by atoms with Gasteiger partial charge in [-0.25, -0.2) is 9.18 Å². The maximum atomic E-state index is 13.0. The predicted octanol–water partition coefficient (Wildman–Crippen LogP) is 2.94. The van der Waals surface area contributed by atoms with Crippen molar-refractivity contribution in [3.63, 3.8) is 0 Å². The van der Waals surface area contributed by atoms with Crippen LogP contribution in [0.2, 0.25) is 0 Å². The van der Waals surface area contributed by atoms with Crippen molar-refractivity contribution in [2.75, 3.05) is 19.0 Å². The van der Waals surface area contributed by atoms with Gasteiger partial charge in [0.1, 0.15) is 17.3 Å². The van der Waals surface area contributed by atoms with Gasteiger partial charge in [0.2, 0.25) is 0 Å². The lowest BCUT2D eigenvalue weighted by Gasteiger charge is -2.07. The van der Waals surface area contributed by atoms with Crippen LogP contribution < -0.4 is 10.1 Å². The molecule has 9 heteroatoms. The summed E-state index contributed by atoms with van der Waals surface area (Å²) in [6, 6.07) is 9.45. The van der Waals surface area contributed by atoms with Crippen LogP contribution in [0, 0.1) is 15.9 Å². The van der Waals surface area contributed by atoms with Crippen molar-refractivity contribution in [1.82, 2.24) is 0 Å². The Morgan fingerprint density at radius 3 is 2.70 bits per heavy atom. The number of methoxy groups -OCH3 is 1. The molecule has 0 aliphatic carbocycles. The fourth-order valence-corrected chi connectivity index (χ4v) is 2.04. The van der Waals surface area contributed by atoms with E-state index >= 15 is 0 Å². The molecule has 0 atom stereocenters. The highest BCUT2D eigenvalue weighted by Gasteiger charge is 2.17. The number of halogens is 1. The first kappa shape index (κ1) is 19.6. The Labute approximate surface area is 153 Å². The molecule has 2 rings (SSSR count). The molecule has 0 bridgehead atoms. The maximum Gasteiger partial charge on any atom is 0.331 e. The SMILES string of the molecule is COc1ccc(NC(=O)COC(=O)/C=C/c2cccc(F)c2)c([N+](=O)[O-])c1. The van der Waals surface area contributed by atoms with Crippen LogP contribution in [-0.2, 0) is 14.3 Å². The van der Waals surface area contributed by atoms with Crippen molar-refractivity contribution in [3.05, 3.63) is 70.0 Å². The highest BCUT2D eigenvalue weighted by atomic mass is 19.1. The molecule has 2 aromatic rings. The van der Waals surface area contributed by atoms with E-state index in [1.54, 1.807) is 6.07 Å². The van der Waals surface area contributed by atoms with Crippen molar-refractivity contribution in [3.8, 4) is 5.75 Å². The number of nitrogens with one attached hydrogen (secondary N) is 1. The summed E-state index contributed by atoms with van der Waals surface area (Å²) in [6.07, 6.45) is 2.37. The molecule has 0 saturated heterocycles. The quantitative estimate of drug-likeness (QED) is 0.345. The molecule has 0 saturated carbocycles. The second kappa shape index (κ2) is 9.09. The lowest BCUT2D eigenvalue weighted by molar-refractivity contribution is -0.384. The smallest absolute Gasteiger partial charge is 0.331 e. The van der Waals surface area contributed by atoms with Gasteiger partial charge in [0.25, 0.3) is 11.6 Å². The van der Waals surface area contributed by atoms with E-state index in [2.05, 4.69) is 5.32 Å². The van der Waals surface area contributed by atoms with Crippen LogP contribution in [0.3, 0.4) is 0 Å². The highest BCUT2D eigenvalue weighted by Crippen LogP contribution is 2.28. The van der Waals surface area contributed by atoms with Gasteiger partial charge >= 0.3 is 5.97 Å². The van der Waals surface area contributed by atoms with Gasteiger partial charge in [0, 0.05) is 6.08 Å². The van der Waals surface area contributed by atoms with E-state index in [1.165, 1.54) is 43.5 Å². The first-order chi connectivity index (χ1) is 12.9. The molecule has 0 heterocycles. The second-order valence-electron chi connectivity index (χ2n) is 5.18. The monoisotopic (exact) mass is 374 g/mol. The van der Waals surface area contributed by atoms with E-state index in [-0.39, 0.29) is 17.1 Å². The van der Waals surface area contributed by atoms with Crippen molar-refractivity contribution in [2.45, 2.75) is 0 Å². The Kier molecular flexibility index (Phi) is 6.59. The van der Waals surface area contributed by atoms with Crippen molar-refractivity contribution in [2.24, 2.45) is 0 Å². The van der Waals surface area contributed by atoms with Crippen LogP contribution in [-0.4, -0.2) is 30.5 Å². The Balaban J connectivity index is 1.92. The molecular weight excluding hydrogens is 359 g/mol. The topological polar surface area (TPSA) is 108 Å². The zero-order valence-electron chi connectivity index (χ0n) is 14.2. The second-order valence-corrected chi connectivity index (χ2v) is 5.18. The summed E-state index contributed by atoms with van der Waals surface area (Å²) in [4.78, 5) is 33.8. The van der Waals surface area contributed by atoms with Gasteiger partial charge in [-0.3, -0.25) is 14.9 Å². The van der Waals surface area contributed by atoms with Crippen molar-refractivity contribution < 1.29 is 28.4 Å². The number of nitro benzene ring substituents is 1. The fraction of sp³-hybridized carbons (Fsp3) is 0.111. The third-order valence-corrected chi connectivity index (χ3v) is 3.28. The number of carbonyl (C=O) groups excluding carboxylic acids is 2. The van der Waals surface area contributed by atoms with Crippen LogP contribution in [0.25, 0.3) is 6.08 Å². The Bertz CT molecular complexity index is 897. The molecule has 0 aliphatic rings. The standard InChI is InChI=1S/C18H15FN2O6/c1-26-14-6-7-15(16(10-14)21(24)25)20-17(22)11-27-18(23)8-5-12-3-2-4-13(19)9-12/h2-10H,11H2,1H3,(H,20,22)/b8-5+. The zero-order chi connectivity index (χ0) is 19.8. The van der Waals surface area contributed by atoms with E-state index in [4.69, 9.17) is 9.47 Å². The first-order valence-corrected chi connectivity index (χ1v) is 7.61. The van der Waals surface area contributed by atoms with Gasteiger partial charge in [-0.2, -0.15) is 0 Å². The minimum Gasteiger partial charge on any atom is -0.496 e. The summed E-state index contributed by atoms with van der Waals surface area (Å²) in [5.41, 5.74) is 0.0300. The van der Waals surface area contributed by atoms with E-state index in [9.17, 15) is 24.1 Å². The normalized spacial score (nSPS) is 10.4. The fourth-order valence-electron chi connectivity index (χ4n) is 2.04. The molecule has 140 valence electrons. The first-order valence-electron chi connectivity index (χ1n) is 7.61. The minimum absolute atomic E-state index is 0.0582. The molecule has 1 N–H and O–H groups in total. The number of ether oxygens (including phenoxy) is 2. The van der Waals surface area contributed by atoms with Crippen molar-refractivity contribution >= 4 is 29.3 Å². The minimum atomic E-state index is -0.821. The number of benzene rings is 2. The molecule has 0 unspecified atom stereocenters. The molecule has 8 nitrogen and oxygen atoms in total. The van der Waals surface area contributed by atoms with Crippen LogP contribution in [0.1, 0.15) is 5.56 Å². The number of nitro groups is 1. The molecular formula is C18H15FN2O6. The third kappa shape index (κ3) is 5.92. The third-order valence-electron chi connectivity index (χ3n) is 3.28. The Hall–Kier alpha value is -3.75. The molecule has 0 aliphatic heterocycles. The van der Waals surface area contributed by atoms with Crippen LogP contribution in [0.4, 0.5) is 15.8 Å². The Morgan fingerprint density at radius 2 is 2.04 bits per heavy atom. The van der Waals surface area contributed by atoms with Crippen LogP contribution in [0.5, 0.6) is 5.75 Å². The number of hydrogen-bond donors (Lipinski definition) is 1. The number of rotatable bonds is 7. The summed E-state index contributed by atoms with van der Waals surface area (Å²) in [7, 11) is 1.36. The average Bonchev–Trinajstić information content (AvgIpc) is 2.65. The summed E-state index contributed by atoms with van der Waals surface area (Å²) >= 11 is 0. The molecule has 2 aromatic carbocycles. The molecule has 0 aromatic heterocycles. The van der Waals surface area contributed by atoms with E-state index in [0.717, 1.165) is 12.1 Å². The van der Waals surface area contributed by atoms with Gasteiger partial charge in [-0.1, -0.05) is 12.1 Å². The number of anilines is 1. The van der Waals surface area contributed by atoms with Crippen molar-refractivity contribution in [1.29, 1.82) is 0 Å². The molecule has 0 spiro atoms. The summed E-state index contributed by atoms with van der Waals surface area (Å²) < 4.78 is 22.7. The molecule has 1 amide bonds. The highest BCUT2D eigenvalue weighted by molar-refractivity contribution is 5.96. The zero-order valence-corrected chi connectivity index (χ0v) is 14.2. The van der Waals surface area contributed by atoms with Gasteiger partial charge in [0.05, 0.1) is 18.1 Å². The lowest BCUT2D eigenvalue weighted by Crippen LogP contribution is -2.20. The van der Waals surface area contributed by atoms with Gasteiger partial charge in [-0.15, -0.1) is 0 Å². The number of carbonyl (C=O) groups is 2. The Morgan fingerprint density at radius 1 is 1.26 bits per heavy atom. The molecule has 0 fully saturated rings. The van der Waals surface area contributed by atoms with Gasteiger partial charge < -0.3 is 14.8 Å². The van der Waals surface area contributed by atoms with E-state index in [1.807, 2.05) is 0 Å². The van der Waals surface area contributed by atoms with Crippen LogP contribution in [0.15, 0.2) is 48.5 Å². The summed E-state index contributed by atoms with van der Waals surface area (Å²) in [5.74, 6) is -1.77. The number of amides is 1. The van der Waals surface area contributed by atoms with Gasteiger partial charge in [0.15, 0.2) is 6.61 Å². The van der Waals surface area contributed by atoms with Crippen LogP contribution >= 0.6 is 0 Å². The summed E-state index contributed by atoms with van der Waals surface area (Å²) in [6.45, 7) is -0.643.